The van der Waals surface area contributed by atoms with E-state index in [2.05, 4.69) is 15.3 Å². The van der Waals surface area contributed by atoms with Crippen LogP contribution in [-0.4, -0.2) is 38.9 Å². The molecule has 0 aliphatic rings. The monoisotopic (exact) mass is 387 g/mol. The third-order valence-electron chi connectivity index (χ3n) is 3.91. The molecule has 2 aromatic carbocycles. The van der Waals surface area contributed by atoms with Crippen molar-refractivity contribution in [2.75, 3.05) is 6.54 Å². The van der Waals surface area contributed by atoms with Gasteiger partial charge in [0.15, 0.2) is 0 Å². The molecule has 27 heavy (non-hydrogen) atoms. The number of fused-ring (bicyclic) bond motifs is 1. The molecule has 1 amide bonds. The number of carbonyl (C=O) groups is 1. The number of aromatic nitrogens is 2. The van der Waals surface area contributed by atoms with Gasteiger partial charge in [0.25, 0.3) is 0 Å². The number of nitrogens with zero attached hydrogens (tertiary/aromatic N) is 2. The second-order valence-electron chi connectivity index (χ2n) is 5.90. The Kier molecular flexibility index (Phi) is 6.18. The van der Waals surface area contributed by atoms with Gasteiger partial charge in [0.1, 0.15) is 24.0 Å². The average molecular weight is 388 g/mol. The first kappa shape index (κ1) is 19.0. The van der Waals surface area contributed by atoms with Gasteiger partial charge in [0.2, 0.25) is 0 Å². The van der Waals surface area contributed by atoms with Crippen molar-refractivity contribution < 1.29 is 19.7 Å². The summed E-state index contributed by atoms with van der Waals surface area (Å²) in [7, 11) is 0. The zero-order chi connectivity index (χ0) is 19.2. The summed E-state index contributed by atoms with van der Waals surface area (Å²) < 4.78 is 5.06. The third-order valence-corrected chi connectivity index (χ3v) is 4.09. The lowest BCUT2D eigenvalue weighted by Crippen LogP contribution is -2.35. The second kappa shape index (κ2) is 8.77. The largest absolute Gasteiger partial charge is 0.445 e. The van der Waals surface area contributed by atoms with Crippen LogP contribution in [0.4, 0.5) is 4.79 Å². The molecule has 0 fully saturated rings. The number of aliphatic hydroxyl groups excluding tert-OH is 2. The number of hydrogen-bond donors (Lipinski definition) is 3. The Hall–Kier alpha value is -2.74. The quantitative estimate of drug-likeness (QED) is 0.600. The molecular weight excluding hydrogens is 370 g/mol. The van der Waals surface area contributed by atoms with Crippen LogP contribution in [0, 0.1) is 0 Å². The molecule has 0 bridgehead atoms. The van der Waals surface area contributed by atoms with Crippen LogP contribution < -0.4 is 5.32 Å². The summed E-state index contributed by atoms with van der Waals surface area (Å²) in [5.41, 5.74) is 2.41. The van der Waals surface area contributed by atoms with Gasteiger partial charge < -0.3 is 20.3 Å². The fraction of sp³-hybridized carbons (Fsp3) is 0.211. The highest BCUT2D eigenvalue weighted by molar-refractivity contribution is 6.29. The van der Waals surface area contributed by atoms with Gasteiger partial charge in [-0.25, -0.2) is 9.78 Å². The van der Waals surface area contributed by atoms with Gasteiger partial charge in [-0.2, -0.15) is 0 Å². The van der Waals surface area contributed by atoms with Gasteiger partial charge in [-0.15, -0.1) is 0 Å². The molecule has 1 aromatic heterocycles. The highest BCUT2D eigenvalue weighted by Crippen LogP contribution is 2.21. The van der Waals surface area contributed by atoms with Crippen LogP contribution in [0.15, 0.2) is 54.7 Å². The molecule has 0 aliphatic heterocycles. The number of alkyl carbamates (subject to hydrolysis) is 1. The minimum Gasteiger partial charge on any atom is -0.445 e. The zero-order valence-electron chi connectivity index (χ0n) is 14.2. The van der Waals surface area contributed by atoms with Crippen molar-refractivity contribution in [3.8, 4) is 0 Å². The lowest BCUT2D eigenvalue weighted by molar-refractivity contribution is 0.0184. The summed E-state index contributed by atoms with van der Waals surface area (Å²) in [6.07, 6.45) is -1.69. The first-order chi connectivity index (χ1) is 13.0. The Balaban J connectivity index is 1.54. The summed E-state index contributed by atoms with van der Waals surface area (Å²) in [4.78, 5) is 20.0. The van der Waals surface area contributed by atoms with Crippen molar-refractivity contribution in [2.45, 2.75) is 18.8 Å². The van der Waals surface area contributed by atoms with Crippen LogP contribution in [0.2, 0.25) is 5.15 Å². The highest BCUT2D eigenvalue weighted by atomic mass is 35.5. The second-order valence-corrected chi connectivity index (χ2v) is 6.28. The summed E-state index contributed by atoms with van der Waals surface area (Å²) >= 11 is 5.82. The van der Waals surface area contributed by atoms with E-state index in [1.807, 2.05) is 30.3 Å². The Morgan fingerprint density at radius 1 is 1.15 bits per heavy atom. The molecule has 0 radical (unpaired) electrons. The summed E-state index contributed by atoms with van der Waals surface area (Å²) in [5.74, 6) is 0. The van der Waals surface area contributed by atoms with Gasteiger partial charge in [0, 0.05) is 6.54 Å². The molecular formula is C19H18ClN3O4. The van der Waals surface area contributed by atoms with Crippen molar-refractivity contribution in [1.82, 2.24) is 15.3 Å². The molecule has 0 saturated heterocycles. The van der Waals surface area contributed by atoms with Crippen LogP contribution in [0.3, 0.4) is 0 Å². The molecule has 3 aromatic rings. The Labute approximate surface area is 160 Å². The molecule has 2 unspecified atom stereocenters. The van der Waals surface area contributed by atoms with E-state index in [4.69, 9.17) is 16.3 Å². The van der Waals surface area contributed by atoms with E-state index in [0.717, 1.165) is 5.56 Å². The smallest absolute Gasteiger partial charge is 0.407 e. The van der Waals surface area contributed by atoms with Crippen LogP contribution in [-0.2, 0) is 11.3 Å². The number of halogens is 1. The van der Waals surface area contributed by atoms with Crippen molar-refractivity contribution in [3.63, 3.8) is 0 Å². The third kappa shape index (κ3) is 5.13. The van der Waals surface area contributed by atoms with E-state index in [0.29, 0.717) is 16.6 Å². The number of rotatable bonds is 6. The van der Waals surface area contributed by atoms with E-state index >= 15 is 0 Å². The van der Waals surface area contributed by atoms with Crippen molar-refractivity contribution in [3.05, 3.63) is 71.0 Å². The number of carbonyl (C=O) groups excluding carboxylic acids is 1. The normalized spacial score (nSPS) is 13.1. The molecule has 0 saturated carbocycles. The van der Waals surface area contributed by atoms with Crippen molar-refractivity contribution in [2.24, 2.45) is 0 Å². The minimum absolute atomic E-state index is 0.120. The Morgan fingerprint density at radius 3 is 2.70 bits per heavy atom. The molecule has 0 spiro atoms. The van der Waals surface area contributed by atoms with Crippen LogP contribution in [0.25, 0.3) is 11.0 Å². The van der Waals surface area contributed by atoms with Crippen molar-refractivity contribution in [1.29, 1.82) is 0 Å². The number of amides is 1. The lowest BCUT2D eigenvalue weighted by atomic mass is 10.0. The van der Waals surface area contributed by atoms with E-state index in [-0.39, 0.29) is 18.3 Å². The number of benzene rings is 2. The van der Waals surface area contributed by atoms with Crippen LogP contribution in [0.1, 0.15) is 17.2 Å². The fourth-order valence-corrected chi connectivity index (χ4v) is 2.63. The zero-order valence-corrected chi connectivity index (χ0v) is 15.0. The standard InChI is InChI=1S/C19H18ClN3O4/c20-17-10-21-14-7-6-13(8-15(14)23-17)18(25)16(24)9-22-19(26)27-11-12-4-2-1-3-5-12/h1-8,10,16,18,24-25H,9,11H2,(H,22,26). The van der Waals surface area contributed by atoms with Crippen molar-refractivity contribution >= 4 is 28.7 Å². The maximum absolute atomic E-state index is 11.7. The minimum atomic E-state index is -1.22. The lowest BCUT2D eigenvalue weighted by Gasteiger charge is -2.19. The number of nitrogens with one attached hydrogen (secondary N) is 1. The van der Waals surface area contributed by atoms with Gasteiger partial charge >= 0.3 is 6.09 Å². The van der Waals surface area contributed by atoms with Gasteiger partial charge in [-0.1, -0.05) is 48.0 Å². The summed E-state index contributed by atoms with van der Waals surface area (Å²) in [5, 5.41) is 23.1. The van der Waals surface area contributed by atoms with E-state index in [1.54, 1.807) is 18.2 Å². The highest BCUT2D eigenvalue weighted by Gasteiger charge is 2.20. The number of aliphatic hydroxyl groups is 2. The predicted molar refractivity (Wildman–Crippen MR) is 100 cm³/mol. The fourth-order valence-electron chi connectivity index (χ4n) is 2.49. The molecule has 3 N–H and O–H groups in total. The first-order valence-electron chi connectivity index (χ1n) is 8.26. The SMILES string of the molecule is O=C(NCC(O)C(O)c1ccc2ncc(Cl)nc2c1)OCc1ccccc1. The Bertz CT molecular complexity index is 923. The molecule has 3 rings (SSSR count). The van der Waals surface area contributed by atoms with Crippen LogP contribution >= 0.6 is 11.6 Å². The molecule has 2 atom stereocenters. The summed E-state index contributed by atoms with van der Waals surface area (Å²) in [6, 6.07) is 14.1. The molecule has 1 heterocycles. The topological polar surface area (TPSA) is 105 Å². The number of hydrogen-bond acceptors (Lipinski definition) is 6. The van der Waals surface area contributed by atoms with Gasteiger partial charge in [-0.05, 0) is 23.3 Å². The summed E-state index contributed by atoms with van der Waals surface area (Å²) in [6.45, 7) is -0.0521. The Morgan fingerprint density at radius 2 is 1.93 bits per heavy atom. The van der Waals surface area contributed by atoms with E-state index in [1.165, 1.54) is 6.20 Å². The van der Waals surface area contributed by atoms with E-state index < -0.39 is 18.3 Å². The molecule has 7 nitrogen and oxygen atoms in total. The van der Waals surface area contributed by atoms with E-state index in [9.17, 15) is 15.0 Å². The van der Waals surface area contributed by atoms with Gasteiger partial charge in [0.05, 0.1) is 17.2 Å². The van der Waals surface area contributed by atoms with Gasteiger partial charge in [-0.3, -0.25) is 4.98 Å². The molecule has 8 heteroatoms. The average Bonchev–Trinajstić information content (AvgIpc) is 2.70. The number of ether oxygens (including phenoxy) is 1. The maximum Gasteiger partial charge on any atom is 0.407 e. The molecule has 0 aliphatic carbocycles. The molecule has 140 valence electrons. The predicted octanol–water partition coefficient (Wildman–Crippen LogP) is 2.60. The first-order valence-corrected chi connectivity index (χ1v) is 8.63. The maximum atomic E-state index is 11.7. The van der Waals surface area contributed by atoms with Crippen LogP contribution in [0.5, 0.6) is 0 Å².